The smallest absolute Gasteiger partial charge is 0.184 e. The highest BCUT2D eigenvalue weighted by atomic mass is 16.7. The van der Waals surface area contributed by atoms with E-state index in [2.05, 4.69) is 19.2 Å². The highest BCUT2D eigenvalue weighted by Crippen LogP contribution is 2.86. The molecule has 5 fully saturated rings. The minimum absolute atomic E-state index is 0.0152. The van der Waals surface area contributed by atoms with Crippen LogP contribution in [0.5, 0.6) is 0 Å². The fraction of sp³-hybridized carbons (Fsp3) is 0.960. The van der Waals surface area contributed by atoms with Gasteiger partial charge >= 0.3 is 0 Å². The monoisotopic (exact) mass is 501 g/mol. The number of ether oxygens (including phenoxy) is 2. The molecule has 6 unspecified atom stereocenters. The van der Waals surface area contributed by atoms with Crippen LogP contribution < -0.4 is 5.32 Å². The van der Waals surface area contributed by atoms with Crippen LogP contribution in [-0.2, 0) is 14.3 Å². The number of carbonyl (C=O) groups is 1. The van der Waals surface area contributed by atoms with E-state index in [-0.39, 0.29) is 25.1 Å². The third kappa shape index (κ3) is 4.28. The Morgan fingerprint density at radius 2 is 1.80 bits per heavy atom. The fourth-order valence-corrected chi connectivity index (χ4v) is 9.04. The molecule has 7 N–H and O–H groups in total. The first-order valence-electron chi connectivity index (χ1n) is 12.8. The van der Waals surface area contributed by atoms with E-state index >= 15 is 0 Å². The van der Waals surface area contributed by atoms with Crippen LogP contribution in [0.2, 0.25) is 0 Å². The van der Waals surface area contributed by atoms with Crippen LogP contribution in [-0.4, -0.2) is 106 Å². The second-order valence-electron chi connectivity index (χ2n) is 12.3. The van der Waals surface area contributed by atoms with Crippen molar-refractivity contribution in [3.8, 4) is 0 Å². The first kappa shape index (κ1) is 27.3. The summed E-state index contributed by atoms with van der Waals surface area (Å²) in [6, 6.07) is 0. The lowest BCUT2D eigenvalue weighted by molar-refractivity contribution is -0.274. The normalized spacial score (nSPS) is 47.8. The van der Waals surface area contributed by atoms with Crippen molar-refractivity contribution in [3.63, 3.8) is 0 Å². The van der Waals surface area contributed by atoms with Gasteiger partial charge in [0.05, 0.1) is 25.9 Å². The Labute approximate surface area is 206 Å². The summed E-state index contributed by atoms with van der Waals surface area (Å²) in [6.45, 7) is 3.99. The summed E-state index contributed by atoms with van der Waals surface area (Å²) < 4.78 is 10.8. The molecule has 1 aliphatic heterocycles. The molecule has 0 aromatic rings. The Morgan fingerprint density at radius 3 is 2.46 bits per heavy atom. The molecule has 3 bridgehead atoms. The van der Waals surface area contributed by atoms with Crippen LogP contribution in [0.1, 0.15) is 58.8 Å². The minimum Gasteiger partial charge on any atom is -0.400 e. The van der Waals surface area contributed by atoms with E-state index in [1.807, 2.05) is 0 Å². The summed E-state index contributed by atoms with van der Waals surface area (Å²) in [6.07, 6.45) is -0.960. The number of rotatable bonds is 9. The third-order valence-electron chi connectivity index (χ3n) is 9.93. The summed E-state index contributed by atoms with van der Waals surface area (Å²) in [4.78, 5) is 13.0. The van der Waals surface area contributed by atoms with Crippen LogP contribution in [0, 0.1) is 22.2 Å². The van der Waals surface area contributed by atoms with Gasteiger partial charge in [-0.05, 0) is 60.7 Å². The highest BCUT2D eigenvalue weighted by Gasteiger charge is 2.80. The Bertz CT molecular complexity index is 799. The van der Waals surface area contributed by atoms with E-state index in [1.54, 1.807) is 0 Å². The molecule has 5 aliphatic rings. The van der Waals surface area contributed by atoms with Crippen molar-refractivity contribution >= 4 is 5.78 Å². The molecule has 35 heavy (non-hydrogen) atoms. The maximum Gasteiger partial charge on any atom is 0.184 e. The standard InChI is InChI=1S/C24H39NO8.CH4O/c1-21-4-13-5-23(11-22(2,10-21)24(21,6-13)12-23)25-7-16(29)18(31)19(17(30)8-26)33-20-15(28)3-14(27)9-32-20;1-2/h13-15,17-20,25-28,30-31H,3-12H2,1-2H3;2H,1H3/t13?,14-,15+,17+,18+,19?,20-,21?,22?,23?,24?;/m0./s1. The van der Waals surface area contributed by atoms with Gasteiger partial charge in [0.2, 0.25) is 0 Å². The third-order valence-corrected chi connectivity index (χ3v) is 9.93. The molecule has 0 aromatic heterocycles. The summed E-state index contributed by atoms with van der Waals surface area (Å²) in [5, 5.41) is 60.6. The number of hydrogen-bond donors (Lipinski definition) is 7. The lowest BCUT2D eigenvalue weighted by atomic mass is 9.40. The molecule has 4 saturated carbocycles. The summed E-state index contributed by atoms with van der Waals surface area (Å²) in [7, 11) is 1.00. The van der Waals surface area contributed by atoms with Crippen LogP contribution in [0.25, 0.3) is 0 Å². The molecule has 0 aromatic carbocycles. The number of Topliss-reactive ketones (excluding diaryl/α,β-unsaturated/α-hetero) is 1. The zero-order valence-corrected chi connectivity index (χ0v) is 21.0. The van der Waals surface area contributed by atoms with Gasteiger partial charge in [-0.3, -0.25) is 4.79 Å². The van der Waals surface area contributed by atoms with Crippen molar-refractivity contribution in [1.82, 2.24) is 5.32 Å². The van der Waals surface area contributed by atoms with Crippen LogP contribution in [0.4, 0.5) is 0 Å². The van der Waals surface area contributed by atoms with Crippen LogP contribution in [0.3, 0.4) is 0 Å². The van der Waals surface area contributed by atoms with Gasteiger partial charge in [-0.2, -0.15) is 0 Å². The molecular formula is C25H43NO9. The van der Waals surface area contributed by atoms with Crippen molar-refractivity contribution in [1.29, 1.82) is 0 Å². The Hall–Kier alpha value is -0.690. The number of ketones is 1. The second-order valence-corrected chi connectivity index (χ2v) is 12.3. The lowest BCUT2D eigenvalue weighted by Gasteiger charge is -2.64. The number of carbonyl (C=O) groups excluding carboxylic acids is 1. The molecular weight excluding hydrogens is 458 g/mol. The van der Waals surface area contributed by atoms with Gasteiger partial charge in [-0.15, -0.1) is 0 Å². The molecule has 0 radical (unpaired) electrons. The van der Waals surface area contributed by atoms with Gasteiger partial charge in [0.15, 0.2) is 12.1 Å². The number of nitrogens with one attached hydrogen (secondary N) is 1. The average Bonchev–Trinajstić information content (AvgIpc) is 3.08. The molecule has 10 heteroatoms. The zero-order chi connectivity index (χ0) is 25.8. The predicted molar refractivity (Wildman–Crippen MR) is 124 cm³/mol. The molecule has 1 saturated heterocycles. The number of fused-ring (bicyclic) bond motifs is 2. The topological polar surface area (TPSA) is 169 Å². The van der Waals surface area contributed by atoms with Crippen LogP contribution >= 0.6 is 0 Å². The van der Waals surface area contributed by atoms with Crippen LogP contribution in [0.15, 0.2) is 0 Å². The molecule has 1 heterocycles. The van der Waals surface area contributed by atoms with E-state index in [4.69, 9.17) is 14.6 Å². The van der Waals surface area contributed by atoms with Gasteiger partial charge in [-0.25, -0.2) is 0 Å². The van der Waals surface area contributed by atoms with Crippen molar-refractivity contribution < 1.29 is 44.9 Å². The van der Waals surface area contributed by atoms with E-state index in [0.717, 1.165) is 26.4 Å². The van der Waals surface area contributed by atoms with Gasteiger partial charge in [0.1, 0.15) is 24.4 Å². The van der Waals surface area contributed by atoms with E-state index < -0.39 is 49.2 Å². The molecule has 202 valence electrons. The minimum atomic E-state index is -1.70. The first-order valence-corrected chi connectivity index (χ1v) is 12.8. The Kier molecular flexibility index (Phi) is 7.47. The SMILES string of the molecule is CC12CC3CC4(NCC(=O)[C@@H](O)C(O[C@@H]5OC[C@@H](O)C[C@H]5O)[C@H](O)CO)CC(C)(C1)C2(C3)C4.CO. The Morgan fingerprint density at radius 1 is 1.09 bits per heavy atom. The second kappa shape index (κ2) is 9.56. The molecule has 5 rings (SSSR count). The molecule has 0 amide bonds. The average molecular weight is 502 g/mol. The van der Waals surface area contributed by atoms with E-state index in [9.17, 15) is 30.3 Å². The quantitative estimate of drug-likeness (QED) is 0.210. The van der Waals surface area contributed by atoms with E-state index in [1.165, 1.54) is 19.3 Å². The van der Waals surface area contributed by atoms with Gasteiger partial charge in [0.25, 0.3) is 0 Å². The van der Waals surface area contributed by atoms with Crippen molar-refractivity contribution in [2.45, 2.75) is 101 Å². The molecule has 4 aliphatic carbocycles. The fourth-order valence-electron chi connectivity index (χ4n) is 9.04. The summed E-state index contributed by atoms with van der Waals surface area (Å²) in [5.41, 5.74) is 0.968. The lowest BCUT2D eigenvalue weighted by Crippen LogP contribution is -2.57. The maximum atomic E-state index is 13.0. The maximum absolute atomic E-state index is 13.0. The summed E-state index contributed by atoms with van der Waals surface area (Å²) >= 11 is 0. The summed E-state index contributed by atoms with van der Waals surface area (Å²) in [5.74, 6) is 0.142. The van der Waals surface area contributed by atoms with Crippen molar-refractivity contribution in [2.24, 2.45) is 22.2 Å². The highest BCUT2D eigenvalue weighted by molar-refractivity contribution is 5.85. The largest absolute Gasteiger partial charge is 0.400 e. The van der Waals surface area contributed by atoms with Crippen molar-refractivity contribution in [3.05, 3.63) is 0 Å². The number of hydrogen-bond acceptors (Lipinski definition) is 10. The number of aliphatic hydroxyl groups is 6. The number of aliphatic hydroxyl groups excluding tert-OH is 6. The predicted octanol–water partition coefficient (Wildman–Crippen LogP) is -0.930. The van der Waals surface area contributed by atoms with Crippen molar-refractivity contribution in [2.75, 3.05) is 26.9 Å². The molecule has 11 atom stereocenters. The zero-order valence-electron chi connectivity index (χ0n) is 21.0. The van der Waals surface area contributed by atoms with Gasteiger partial charge in [-0.1, -0.05) is 13.8 Å². The molecule has 1 spiro atoms. The first-order chi connectivity index (χ1) is 16.5. The molecule has 10 nitrogen and oxygen atoms in total. The van der Waals surface area contributed by atoms with Gasteiger partial charge in [0, 0.05) is 19.1 Å². The Balaban J connectivity index is 0.00000141. The van der Waals surface area contributed by atoms with Gasteiger partial charge < -0.3 is 45.4 Å². The van der Waals surface area contributed by atoms with E-state index in [0.29, 0.717) is 22.2 Å².